The first-order valence-corrected chi connectivity index (χ1v) is 11.2. The van der Waals surface area contributed by atoms with Crippen LogP contribution in [0.15, 0.2) is 41.6 Å². The van der Waals surface area contributed by atoms with Gasteiger partial charge in [0.05, 0.1) is 11.4 Å². The van der Waals surface area contributed by atoms with Crippen molar-refractivity contribution in [3.05, 3.63) is 64.2 Å². The minimum Gasteiger partial charge on any atom is -0.483 e. The monoisotopic (exact) mass is 462 g/mol. The first kappa shape index (κ1) is 23.1. The van der Waals surface area contributed by atoms with Crippen molar-refractivity contribution >= 4 is 35.0 Å². The van der Waals surface area contributed by atoms with Crippen LogP contribution in [0.2, 0.25) is 5.02 Å². The van der Waals surface area contributed by atoms with Crippen LogP contribution in [-0.4, -0.2) is 26.4 Å². The Morgan fingerprint density at radius 3 is 2.58 bits per heavy atom. The molecule has 31 heavy (non-hydrogen) atoms. The molecule has 0 aliphatic rings. The summed E-state index contributed by atoms with van der Waals surface area (Å²) in [7, 11) is 0. The number of thioether (sulfide) groups is 1. The average molecular weight is 463 g/mol. The molecular formula is C22H24ClFN4O2S. The quantitative estimate of drug-likeness (QED) is 0.442. The van der Waals surface area contributed by atoms with Gasteiger partial charge >= 0.3 is 0 Å². The number of nitrogens with zero attached hydrogens (tertiary/aromatic N) is 3. The molecule has 1 atom stereocenters. The number of aromatic nitrogens is 3. The first-order chi connectivity index (χ1) is 14.8. The summed E-state index contributed by atoms with van der Waals surface area (Å²) in [5, 5.41) is 12.4. The third kappa shape index (κ3) is 5.57. The van der Waals surface area contributed by atoms with Crippen LogP contribution in [0.3, 0.4) is 0 Å². The maximum atomic E-state index is 13.7. The van der Waals surface area contributed by atoms with E-state index < -0.39 is 5.82 Å². The predicted molar refractivity (Wildman–Crippen MR) is 121 cm³/mol. The number of ether oxygens (including phenoxy) is 1. The Hall–Kier alpha value is -2.58. The third-order valence-corrected chi connectivity index (χ3v) is 6.19. The summed E-state index contributed by atoms with van der Waals surface area (Å²) in [5.74, 6) is 0.648. The van der Waals surface area contributed by atoms with Gasteiger partial charge < -0.3 is 14.6 Å². The first-order valence-electron chi connectivity index (χ1n) is 9.83. The molecule has 1 heterocycles. The Kier molecular flexibility index (Phi) is 7.56. The standard InChI is InChI=1S/C22H24ClFN4O2S/c1-5-28-21(15(4)30-16-10-13(2)20(23)14(3)11-16)26-27-22(28)31-12-19(29)25-18-9-7-6-8-17(18)24/h6-11,15H,5,12H2,1-4H3,(H,25,29). The van der Waals surface area contributed by atoms with Gasteiger partial charge in [-0.25, -0.2) is 4.39 Å². The molecule has 3 aromatic rings. The predicted octanol–water partition coefficient (Wildman–Crippen LogP) is 5.58. The van der Waals surface area contributed by atoms with Crippen molar-refractivity contribution in [3.63, 3.8) is 0 Å². The topological polar surface area (TPSA) is 69.0 Å². The van der Waals surface area contributed by atoms with E-state index in [4.69, 9.17) is 16.3 Å². The van der Waals surface area contributed by atoms with Gasteiger partial charge in [0.25, 0.3) is 0 Å². The van der Waals surface area contributed by atoms with E-state index in [0.717, 1.165) is 16.1 Å². The number of benzene rings is 2. The Morgan fingerprint density at radius 2 is 1.94 bits per heavy atom. The van der Waals surface area contributed by atoms with E-state index >= 15 is 0 Å². The second-order valence-corrected chi connectivity index (χ2v) is 8.35. The normalized spacial score (nSPS) is 11.9. The number of anilines is 1. The molecule has 0 aliphatic carbocycles. The van der Waals surface area contributed by atoms with Crippen molar-refractivity contribution < 1.29 is 13.9 Å². The fraction of sp³-hybridized carbons (Fsp3) is 0.318. The molecule has 3 rings (SSSR count). The fourth-order valence-electron chi connectivity index (χ4n) is 3.11. The highest BCUT2D eigenvalue weighted by atomic mass is 35.5. The summed E-state index contributed by atoms with van der Waals surface area (Å²) in [6, 6.07) is 9.83. The van der Waals surface area contributed by atoms with E-state index in [0.29, 0.717) is 23.3 Å². The number of hydrogen-bond donors (Lipinski definition) is 1. The number of carbonyl (C=O) groups excluding carboxylic acids is 1. The minimum atomic E-state index is -0.474. The van der Waals surface area contributed by atoms with Crippen molar-refractivity contribution in [1.82, 2.24) is 14.8 Å². The summed E-state index contributed by atoms with van der Waals surface area (Å²) >= 11 is 7.47. The highest BCUT2D eigenvalue weighted by molar-refractivity contribution is 7.99. The van der Waals surface area contributed by atoms with Crippen molar-refractivity contribution in [2.75, 3.05) is 11.1 Å². The molecule has 0 fully saturated rings. The summed E-state index contributed by atoms with van der Waals surface area (Å²) < 4.78 is 21.7. The molecular weight excluding hydrogens is 439 g/mol. The summed E-state index contributed by atoms with van der Waals surface area (Å²) in [6.07, 6.45) is -0.353. The van der Waals surface area contributed by atoms with Crippen molar-refractivity contribution in [1.29, 1.82) is 0 Å². The second kappa shape index (κ2) is 10.2. The number of hydrogen-bond acceptors (Lipinski definition) is 5. The maximum Gasteiger partial charge on any atom is 0.234 e. The maximum absolute atomic E-state index is 13.7. The molecule has 0 radical (unpaired) electrons. The minimum absolute atomic E-state index is 0.0806. The molecule has 0 saturated heterocycles. The summed E-state index contributed by atoms with van der Waals surface area (Å²) in [5.41, 5.74) is 2.04. The lowest BCUT2D eigenvalue weighted by molar-refractivity contribution is -0.113. The molecule has 1 unspecified atom stereocenters. The lowest BCUT2D eigenvalue weighted by atomic mass is 10.1. The number of aryl methyl sites for hydroxylation is 2. The zero-order valence-electron chi connectivity index (χ0n) is 17.8. The highest BCUT2D eigenvalue weighted by Gasteiger charge is 2.20. The number of nitrogens with one attached hydrogen (secondary N) is 1. The molecule has 0 saturated carbocycles. The van der Waals surface area contributed by atoms with Crippen molar-refractivity contribution in [2.24, 2.45) is 0 Å². The van der Waals surface area contributed by atoms with Gasteiger partial charge in [0.2, 0.25) is 5.91 Å². The van der Waals surface area contributed by atoms with Crippen LogP contribution in [0.5, 0.6) is 5.75 Å². The molecule has 0 aliphatic heterocycles. The van der Waals surface area contributed by atoms with E-state index in [1.165, 1.54) is 23.9 Å². The van der Waals surface area contributed by atoms with Gasteiger partial charge in [-0.2, -0.15) is 0 Å². The van der Waals surface area contributed by atoms with Crippen LogP contribution in [0.25, 0.3) is 0 Å². The van der Waals surface area contributed by atoms with Gasteiger partial charge in [-0.3, -0.25) is 4.79 Å². The van der Waals surface area contributed by atoms with Gasteiger partial charge in [0.15, 0.2) is 17.1 Å². The Morgan fingerprint density at radius 1 is 1.26 bits per heavy atom. The van der Waals surface area contributed by atoms with Gasteiger partial charge in [-0.05, 0) is 63.1 Å². The Labute approximate surface area is 190 Å². The zero-order chi connectivity index (χ0) is 22.5. The number of amides is 1. The van der Waals surface area contributed by atoms with Gasteiger partial charge in [0.1, 0.15) is 11.6 Å². The number of carbonyl (C=O) groups is 1. The molecule has 2 aromatic carbocycles. The Bertz CT molecular complexity index is 1070. The van der Waals surface area contributed by atoms with Crippen molar-refractivity contribution in [3.8, 4) is 5.75 Å². The van der Waals surface area contributed by atoms with Crippen LogP contribution in [0.1, 0.15) is 36.9 Å². The van der Waals surface area contributed by atoms with E-state index in [9.17, 15) is 9.18 Å². The SMILES string of the molecule is CCn1c(SCC(=O)Nc2ccccc2F)nnc1C(C)Oc1cc(C)c(Cl)c(C)c1. The van der Waals surface area contributed by atoms with Gasteiger partial charge in [0, 0.05) is 11.6 Å². The number of halogens is 2. The molecule has 1 amide bonds. The van der Waals surface area contributed by atoms with Gasteiger partial charge in [-0.15, -0.1) is 10.2 Å². The summed E-state index contributed by atoms with van der Waals surface area (Å²) in [6.45, 7) is 8.35. The zero-order valence-corrected chi connectivity index (χ0v) is 19.4. The van der Waals surface area contributed by atoms with E-state index in [-0.39, 0.29) is 23.5 Å². The average Bonchev–Trinajstić information content (AvgIpc) is 3.15. The molecule has 1 aromatic heterocycles. The van der Waals surface area contributed by atoms with Gasteiger partial charge in [-0.1, -0.05) is 35.5 Å². The van der Waals surface area contributed by atoms with Crippen LogP contribution >= 0.6 is 23.4 Å². The summed E-state index contributed by atoms with van der Waals surface area (Å²) in [4.78, 5) is 12.2. The molecule has 6 nitrogen and oxygen atoms in total. The molecule has 0 spiro atoms. The smallest absolute Gasteiger partial charge is 0.234 e. The fourth-order valence-corrected chi connectivity index (χ4v) is 4.03. The molecule has 1 N–H and O–H groups in total. The lowest BCUT2D eigenvalue weighted by Gasteiger charge is -2.17. The molecule has 9 heteroatoms. The number of rotatable bonds is 8. The van der Waals surface area contributed by atoms with Crippen LogP contribution in [0, 0.1) is 19.7 Å². The molecule has 164 valence electrons. The lowest BCUT2D eigenvalue weighted by Crippen LogP contribution is -2.16. The Balaban J connectivity index is 1.67. The molecule has 0 bridgehead atoms. The van der Waals surface area contributed by atoms with E-state index in [2.05, 4.69) is 15.5 Å². The van der Waals surface area contributed by atoms with Crippen molar-refractivity contribution in [2.45, 2.75) is 45.5 Å². The third-order valence-electron chi connectivity index (χ3n) is 4.63. The number of para-hydroxylation sites is 1. The highest BCUT2D eigenvalue weighted by Crippen LogP contribution is 2.29. The second-order valence-electron chi connectivity index (χ2n) is 7.03. The van der Waals surface area contributed by atoms with Crippen LogP contribution < -0.4 is 10.1 Å². The van der Waals surface area contributed by atoms with E-state index in [1.807, 2.05) is 44.4 Å². The largest absolute Gasteiger partial charge is 0.483 e. The van der Waals surface area contributed by atoms with Crippen LogP contribution in [0.4, 0.5) is 10.1 Å². The van der Waals surface area contributed by atoms with Crippen LogP contribution in [-0.2, 0) is 11.3 Å². The van der Waals surface area contributed by atoms with E-state index in [1.54, 1.807) is 12.1 Å².